The predicted molar refractivity (Wildman–Crippen MR) is 73.8 cm³/mol. The SMILES string of the molecule is CC1CCCN(C2CCc3cc(O)ccc32)CC1. The fourth-order valence-electron chi connectivity index (χ4n) is 3.56. The molecule has 1 aliphatic carbocycles. The van der Waals surface area contributed by atoms with Crippen LogP contribution in [0.2, 0.25) is 0 Å². The predicted octanol–water partition coefficient (Wildman–Crippen LogP) is 3.50. The number of phenolic OH excluding ortho intramolecular Hbond substituents is 1. The van der Waals surface area contributed by atoms with Crippen molar-refractivity contribution in [3.8, 4) is 5.75 Å². The number of likely N-dealkylation sites (tertiary alicyclic amines) is 1. The van der Waals surface area contributed by atoms with Crippen LogP contribution in [0.1, 0.15) is 49.8 Å². The van der Waals surface area contributed by atoms with Crippen molar-refractivity contribution >= 4 is 0 Å². The van der Waals surface area contributed by atoms with Crippen molar-refractivity contribution < 1.29 is 5.11 Å². The first-order valence-electron chi connectivity index (χ1n) is 7.30. The van der Waals surface area contributed by atoms with Crippen LogP contribution >= 0.6 is 0 Å². The van der Waals surface area contributed by atoms with Crippen LogP contribution in [-0.2, 0) is 6.42 Å². The highest BCUT2D eigenvalue weighted by atomic mass is 16.3. The molecule has 0 radical (unpaired) electrons. The number of benzene rings is 1. The summed E-state index contributed by atoms with van der Waals surface area (Å²) in [7, 11) is 0. The number of rotatable bonds is 1. The summed E-state index contributed by atoms with van der Waals surface area (Å²) in [4.78, 5) is 2.67. The molecule has 0 amide bonds. The number of fused-ring (bicyclic) bond motifs is 1. The molecule has 1 saturated heterocycles. The van der Waals surface area contributed by atoms with Crippen LogP contribution in [0, 0.1) is 5.92 Å². The molecule has 2 atom stereocenters. The molecular formula is C16H23NO. The second kappa shape index (κ2) is 4.93. The molecule has 0 spiro atoms. The van der Waals surface area contributed by atoms with Gasteiger partial charge in [0.1, 0.15) is 5.75 Å². The van der Waals surface area contributed by atoms with Gasteiger partial charge in [-0.2, -0.15) is 0 Å². The van der Waals surface area contributed by atoms with E-state index in [1.54, 1.807) is 0 Å². The number of hydrogen-bond acceptors (Lipinski definition) is 2. The maximum atomic E-state index is 9.56. The van der Waals surface area contributed by atoms with Gasteiger partial charge in [0.05, 0.1) is 0 Å². The zero-order valence-electron chi connectivity index (χ0n) is 11.2. The molecule has 1 aliphatic heterocycles. The second-order valence-corrected chi connectivity index (χ2v) is 6.01. The number of phenols is 1. The number of aromatic hydroxyl groups is 1. The van der Waals surface area contributed by atoms with E-state index in [1.807, 2.05) is 12.1 Å². The van der Waals surface area contributed by atoms with Crippen molar-refractivity contribution in [1.29, 1.82) is 0 Å². The van der Waals surface area contributed by atoms with Crippen LogP contribution in [0.15, 0.2) is 18.2 Å². The molecule has 98 valence electrons. The highest BCUT2D eigenvalue weighted by Crippen LogP contribution is 2.38. The fraction of sp³-hybridized carbons (Fsp3) is 0.625. The highest BCUT2D eigenvalue weighted by Gasteiger charge is 2.29. The van der Waals surface area contributed by atoms with Gasteiger partial charge < -0.3 is 5.11 Å². The van der Waals surface area contributed by atoms with E-state index in [-0.39, 0.29) is 0 Å². The highest BCUT2D eigenvalue weighted by molar-refractivity contribution is 5.40. The molecule has 1 N–H and O–H groups in total. The Morgan fingerprint density at radius 3 is 2.94 bits per heavy atom. The first-order valence-corrected chi connectivity index (χ1v) is 7.30. The summed E-state index contributed by atoms with van der Waals surface area (Å²) >= 11 is 0. The standard InChI is InChI=1S/C16H23NO/c1-12-3-2-9-17(10-8-12)16-7-4-13-11-14(18)5-6-15(13)16/h5-6,11-12,16,18H,2-4,7-10H2,1H3. The van der Waals surface area contributed by atoms with E-state index in [9.17, 15) is 5.11 Å². The summed E-state index contributed by atoms with van der Waals surface area (Å²) in [6, 6.07) is 6.54. The lowest BCUT2D eigenvalue weighted by molar-refractivity contribution is 0.202. The Labute approximate surface area is 110 Å². The van der Waals surface area contributed by atoms with Crippen molar-refractivity contribution in [3.63, 3.8) is 0 Å². The average Bonchev–Trinajstić information content (AvgIpc) is 2.64. The lowest BCUT2D eigenvalue weighted by atomic mass is 10.0. The van der Waals surface area contributed by atoms with Crippen molar-refractivity contribution in [2.24, 2.45) is 5.92 Å². The van der Waals surface area contributed by atoms with Crippen molar-refractivity contribution in [3.05, 3.63) is 29.3 Å². The third-order valence-electron chi connectivity index (χ3n) is 4.66. The van der Waals surface area contributed by atoms with Crippen LogP contribution in [0.3, 0.4) is 0 Å². The number of aryl methyl sites for hydroxylation is 1. The quantitative estimate of drug-likeness (QED) is 0.818. The normalized spacial score (nSPS) is 28.9. The van der Waals surface area contributed by atoms with Crippen LogP contribution < -0.4 is 0 Å². The Bertz CT molecular complexity index is 429. The van der Waals surface area contributed by atoms with Gasteiger partial charge in [0.25, 0.3) is 0 Å². The molecule has 18 heavy (non-hydrogen) atoms. The lowest BCUT2D eigenvalue weighted by Crippen LogP contribution is -2.28. The van der Waals surface area contributed by atoms with E-state index >= 15 is 0 Å². The van der Waals surface area contributed by atoms with Crippen LogP contribution in [0.5, 0.6) is 5.75 Å². The first kappa shape index (κ1) is 12.0. The summed E-state index contributed by atoms with van der Waals surface area (Å²) in [5.41, 5.74) is 2.82. The molecule has 3 rings (SSSR count). The van der Waals surface area contributed by atoms with Gasteiger partial charge in [0.2, 0.25) is 0 Å². The van der Waals surface area contributed by atoms with Crippen molar-refractivity contribution in [1.82, 2.24) is 4.90 Å². The Morgan fingerprint density at radius 2 is 2.06 bits per heavy atom. The molecule has 2 nitrogen and oxygen atoms in total. The van der Waals surface area contributed by atoms with Crippen LogP contribution in [0.25, 0.3) is 0 Å². The van der Waals surface area contributed by atoms with Crippen molar-refractivity contribution in [2.45, 2.75) is 45.1 Å². The van der Waals surface area contributed by atoms with Crippen LogP contribution in [-0.4, -0.2) is 23.1 Å². The van der Waals surface area contributed by atoms with Crippen molar-refractivity contribution in [2.75, 3.05) is 13.1 Å². The zero-order valence-corrected chi connectivity index (χ0v) is 11.2. The molecule has 1 fully saturated rings. The van der Waals surface area contributed by atoms with Gasteiger partial charge in [0.15, 0.2) is 0 Å². The minimum absolute atomic E-state index is 0.416. The lowest BCUT2D eigenvalue weighted by Gasteiger charge is -2.28. The van der Waals surface area contributed by atoms with Gasteiger partial charge in [0, 0.05) is 6.04 Å². The smallest absolute Gasteiger partial charge is 0.115 e. The topological polar surface area (TPSA) is 23.5 Å². The third-order valence-corrected chi connectivity index (χ3v) is 4.66. The van der Waals surface area contributed by atoms with E-state index in [2.05, 4.69) is 17.9 Å². The van der Waals surface area contributed by atoms with E-state index < -0.39 is 0 Å². The number of nitrogens with zero attached hydrogens (tertiary/aromatic N) is 1. The monoisotopic (exact) mass is 245 g/mol. The van der Waals surface area contributed by atoms with E-state index in [1.165, 1.54) is 49.9 Å². The van der Waals surface area contributed by atoms with Gasteiger partial charge in [-0.25, -0.2) is 0 Å². The van der Waals surface area contributed by atoms with E-state index in [0.29, 0.717) is 11.8 Å². The largest absolute Gasteiger partial charge is 0.508 e. The van der Waals surface area contributed by atoms with Crippen LogP contribution in [0.4, 0.5) is 0 Å². The second-order valence-electron chi connectivity index (χ2n) is 6.01. The minimum atomic E-state index is 0.416. The number of hydrogen-bond donors (Lipinski definition) is 1. The van der Waals surface area contributed by atoms with Gasteiger partial charge in [-0.15, -0.1) is 0 Å². The first-order chi connectivity index (χ1) is 8.74. The summed E-state index contributed by atoms with van der Waals surface area (Å²) in [5, 5.41) is 9.56. The molecule has 1 aromatic carbocycles. The molecule has 1 heterocycles. The maximum absolute atomic E-state index is 9.56. The zero-order chi connectivity index (χ0) is 12.5. The summed E-state index contributed by atoms with van der Waals surface area (Å²) in [6.45, 7) is 4.87. The minimum Gasteiger partial charge on any atom is -0.508 e. The third kappa shape index (κ3) is 2.26. The molecule has 2 heteroatoms. The molecule has 2 aliphatic rings. The summed E-state index contributed by atoms with van der Waals surface area (Å²) in [5.74, 6) is 1.30. The Hall–Kier alpha value is -1.02. The van der Waals surface area contributed by atoms with Gasteiger partial charge in [-0.3, -0.25) is 4.90 Å². The average molecular weight is 245 g/mol. The van der Waals surface area contributed by atoms with E-state index in [0.717, 1.165) is 12.3 Å². The Balaban J connectivity index is 1.79. The molecule has 0 saturated carbocycles. The summed E-state index contributed by atoms with van der Waals surface area (Å²) in [6.07, 6.45) is 6.41. The fourth-order valence-corrected chi connectivity index (χ4v) is 3.56. The Kier molecular flexibility index (Phi) is 3.29. The Morgan fingerprint density at radius 1 is 1.17 bits per heavy atom. The van der Waals surface area contributed by atoms with E-state index in [4.69, 9.17) is 0 Å². The molecule has 0 bridgehead atoms. The molecule has 0 aromatic heterocycles. The van der Waals surface area contributed by atoms with Gasteiger partial charge in [-0.1, -0.05) is 13.0 Å². The van der Waals surface area contributed by atoms with Gasteiger partial charge >= 0.3 is 0 Å². The molecular weight excluding hydrogens is 222 g/mol. The van der Waals surface area contributed by atoms with Gasteiger partial charge in [-0.05, 0) is 74.4 Å². The molecule has 1 aromatic rings. The maximum Gasteiger partial charge on any atom is 0.115 e. The summed E-state index contributed by atoms with van der Waals surface area (Å²) < 4.78 is 0. The molecule has 2 unspecified atom stereocenters.